The normalized spacial score (nSPS) is 24.0. The van der Waals surface area contributed by atoms with E-state index < -0.39 is 0 Å². The molecule has 0 radical (unpaired) electrons. The van der Waals surface area contributed by atoms with E-state index in [1.165, 1.54) is 0 Å². The summed E-state index contributed by atoms with van der Waals surface area (Å²) >= 11 is 0. The van der Waals surface area contributed by atoms with Gasteiger partial charge in [-0.25, -0.2) is 0 Å². The van der Waals surface area contributed by atoms with Crippen LogP contribution in [0.2, 0.25) is 0 Å². The van der Waals surface area contributed by atoms with Crippen LogP contribution in [0, 0.1) is 0 Å². The molecule has 1 aliphatic rings. The van der Waals surface area contributed by atoms with Crippen LogP contribution < -0.4 is 0 Å². The van der Waals surface area contributed by atoms with Gasteiger partial charge in [-0.05, 0) is 19.3 Å². The second kappa shape index (κ2) is 5.72. The van der Waals surface area contributed by atoms with E-state index >= 15 is 0 Å². The zero-order valence-electron chi connectivity index (χ0n) is 6.74. The number of hydrogen-bond donors (Lipinski definition) is 0. The standard InChI is InChI=1S/C11H14/c1-2-4-6-8-10-11-9-7-5-3-1/h1-6,9,11H,7-8,10H2/b2-1?,5-3+,6-4?,11-9-. The van der Waals surface area contributed by atoms with Crippen molar-refractivity contribution in [1.29, 1.82) is 0 Å². The fraction of sp³-hybridized carbons (Fsp3) is 0.273. The molecule has 58 valence electrons. The first-order valence-corrected chi connectivity index (χ1v) is 4.13. The maximum atomic E-state index is 2.24. The van der Waals surface area contributed by atoms with Crippen molar-refractivity contribution >= 4 is 0 Å². The van der Waals surface area contributed by atoms with Gasteiger partial charge in [-0.15, -0.1) is 0 Å². The molecule has 0 N–H and O–H groups in total. The molecule has 0 amide bonds. The molecule has 0 spiro atoms. The molecular weight excluding hydrogens is 132 g/mol. The van der Waals surface area contributed by atoms with E-state index in [-0.39, 0.29) is 0 Å². The first-order valence-electron chi connectivity index (χ1n) is 4.13. The Labute approximate surface area is 68.6 Å². The maximum absolute atomic E-state index is 2.24. The van der Waals surface area contributed by atoms with Crippen LogP contribution in [0.25, 0.3) is 0 Å². The minimum atomic E-state index is 1.06. The number of hydrogen-bond acceptors (Lipinski definition) is 0. The van der Waals surface area contributed by atoms with Gasteiger partial charge in [0, 0.05) is 0 Å². The summed E-state index contributed by atoms with van der Waals surface area (Å²) in [5, 5.41) is 0. The largest absolute Gasteiger partial charge is 0.0879 e. The van der Waals surface area contributed by atoms with Crippen molar-refractivity contribution in [3.05, 3.63) is 48.6 Å². The molecule has 11 heavy (non-hydrogen) atoms. The summed E-state index contributed by atoms with van der Waals surface area (Å²) in [6, 6.07) is 0. The SMILES string of the molecule is C1=C/C=C/C/C=C\CCC=C1. The van der Waals surface area contributed by atoms with Crippen molar-refractivity contribution < 1.29 is 0 Å². The van der Waals surface area contributed by atoms with Gasteiger partial charge in [0.25, 0.3) is 0 Å². The molecule has 0 aliphatic heterocycles. The third-order valence-corrected chi connectivity index (χ3v) is 1.54. The van der Waals surface area contributed by atoms with Gasteiger partial charge in [0.1, 0.15) is 0 Å². The Balaban J connectivity index is 2.47. The predicted octanol–water partition coefficient (Wildman–Crippen LogP) is 3.40. The van der Waals surface area contributed by atoms with E-state index in [9.17, 15) is 0 Å². The molecule has 0 nitrogen and oxygen atoms in total. The summed E-state index contributed by atoms with van der Waals surface area (Å²) in [6.07, 6.45) is 20.5. The first-order chi connectivity index (χ1) is 5.50. The monoisotopic (exact) mass is 146 g/mol. The van der Waals surface area contributed by atoms with Crippen molar-refractivity contribution in [3.8, 4) is 0 Å². The van der Waals surface area contributed by atoms with Gasteiger partial charge >= 0.3 is 0 Å². The fourth-order valence-electron chi connectivity index (χ4n) is 0.945. The van der Waals surface area contributed by atoms with Gasteiger partial charge in [-0.3, -0.25) is 0 Å². The van der Waals surface area contributed by atoms with Gasteiger partial charge in [0.05, 0.1) is 0 Å². The Morgan fingerprint density at radius 3 is 2.18 bits per heavy atom. The summed E-state index contributed by atoms with van der Waals surface area (Å²) in [7, 11) is 0. The van der Waals surface area contributed by atoms with Gasteiger partial charge in [-0.1, -0.05) is 48.6 Å². The summed E-state index contributed by atoms with van der Waals surface area (Å²) in [5.74, 6) is 0. The van der Waals surface area contributed by atoms with Gasteiger partial charge < -0.3 is 0 Å². The summed E-state index contributed by atoms with van der Waals surface area (Å²) in [4.78, 5) is 0. The van der Waals surface area contributed by atoms with Crippen LogP contribution in [0.3, 0.4) is 0 Å². The average Bonchev–Trinajstić information content (AvgIpc) is 2.08. The number of rotatable bonds is 0. The molecule has 0 heterocycles. The summed E-state index contributed by atoms with van der Waals surface area (Å²) < 4.78 is 0. The maximum Gasteiger partial charge on any atom is -0.0166 e. The molecule has 0 heteroatoms. The third kappa shape index (κ3) is 4.38. The van der Waals surface area contributed by atoms with Crippen molar-refractivity contribution in [2.24, 2.45) is 0 Å². The highest BCUT2D eigenvalue weighted by atomic mass is 13.8. The zero-order valence-corrected chi connectivity index (χ0v) is 6.74. The molecule has 1 aliphatic carbocycles. The molecule has 0 saturated heterocycles. The highest BCUT2D eigenvalue weighted by Crippen LogP contribution is 1.97. The van der Waals surface area contributed by atoms with Gasteiger partial charge in [0.15, 0.2) is 0 Å². The molecule has 0 atom stereocenters. The highest BCUT2D eigenvalue weighted by molar-refractivity contribution is 5.12. The molecule has 0 unspecified atom stereocenters. The Morgan fingerprint density at radius 1 is 0.545 bits per heavy atom. The van der Waals surface area contributed by atoms with E-state index in [1.54, 1.807) is 0 Å². The van der Waals surface area contributed by atoms with Crippen LogP contribution in [-0.2, 0) is 0 Å². The van der Waals surface area contributed by atoms with Gasteiger partial charge in [-0.2, -0.15) is 0 Å². The highest BCUT2D eigenvalue weighted by Gasteiger charge is 1.76. The smallest absolute Gasteiger partial charge is 0.0166 e. The topological polar surface area (TPSA) is 0 Å². The van der Waals surface area contributed by atoms with Crippen LogP contribution in [-0.4, -0.2) is 0 Å². The first kappa shape index (κ1) is 8.06. The van der Waals surface area contributed by atoms with Crippen molar-refractivity contribution in [2.45, 2.75) is 19.3 Å². The Bertz CT molecular complexity index is 192. The Kier molecular flexibility index (Phi) is 4.19. The zero-order chi connectivity index (χ0) is 7.78. The van der Waals surface area contributed by atoms with Crippen molar-refractivity contribution in [3.63, 3.8) is 0 Å². The molecule has 0 aromatic rings. The van der Waals surface area contributed by atoms with Gasteiger partial charge in [0.2, 0.25) is 0 Å². The van der Waals surface area contributed by atoms with Crippen molar-refractivity contribution in [2.75, 3.05) is 0 Å². The third-order valence-electron chi connectivity index (χ3n) is 1.54. The second-order valence-electron chi connectivity index (χ2n) is 2.53. The van der Waals surface area contributed by atoms with E-state index in [2.05, 4.69) is 48.6 Å². The molecule has 1 rings (SSSR count). The van der Waals surface area contributed by atoms with Crippen LogP contribution in [0.5, 0.6) is 0 Å². The molecule has 0 bridgehead atoms. The fourth-order valence-corrected chi connectivity index (χ4v) is 0.945. The second-order valence-corrected chi connectivity index (χ2v) is 2.53. The van der Waals surface area contributed by atoms with Crippen LogP contribution in [0.4, 0.5) is 0 Å². The summed E-state index contributed by atoms with van der Waals surface area (Å²) in [5.41, 5.74) is 0. The molecule has 0 saturated carbocycles. The van der Waals surface area contributed by atoms with E-state index in [0.717, 1.165) is 19.3 Å². The minimum Gasteiger partial charge on any atom is -0.0879 e. The quantitative estimate of drug-likeness (QED) is 0.459. The Morgan fingerprint density at radius 2 is 1.27 bits per heavy atom. The number of allylic oxidation sites excluding steroid dienone is 8. The molecule has 0 aromatic carbocycles. The summed E-state index contributed by atoms with van der Waals surface area (Å²) in [6.45, 7) is 0. The lowest BCUT2D eigenvalue weighted by Gasteiger charge is -1.83. The molecular formula is C11H14. The lowest BCUT2D eigenvalue weighted by atomic mass is 10.2. The van der Waals surface area contributed by atoms with E-state index in [0.29, 0.717) is 0 Å². The van der Waals surface area contributed by atoms with Crippen LogP contribution in [0.15, 0.2) is 48.6 Å². The van der Waals surface area contributed by atoms with Crippen LogP contribution >= 0.6 is 0 Å². The van der Waals surface area contributed by atoms with Crippen LogP contribution in [0.1, 0.15) is 19.3 Å². The minimum absolute atomic E-state index is 1.06. The van der Waals surface area contributed by atoms with Crippen molar-refractivity contribution in [1.82, 2.24) is 0 Å². The Hall–Kier alpha value is -1.04. The van der Waals surface area contributed by atoms with E-state index in [4.69, 9.17) is 0 Å². The lowest BCUT2D eigenvalue weighted by Crippen LogP contribution is -1.63. The predicted molar refractivity (Wildman–Crippen MR) is 50.4 cm³/mol. The van der Waals surface area contributed by atoms with E-state index in [1.807, 2.05) is 0 Å². The molecule has 0 fully saturated rings. The average molecular weight is 146 g/mol. The molecule has 0 aromatic heterocycles. The lowest BCUT2D eigenvalue weighted by molar-refractivity contribution is 1.04.